The van der Waals surface area contributed by atoms with E-state index < -0.39 is 0 Å². The Labute approximate surface area is 83.9 Å². The van der Waals surface area contributed by atoms with Gasteiger partial charge < -0.3 is 9.88 Å². The van der Waals surface area contributed by atoms with E-state index in [2.05, 4.69) is 16.0 Å². The Morgan fingerprint density at radius 1 is 1.64 bits per heavy atom. The van der Waals surface area contributed by atoms with Gasteiger partial charge in [0.1, 0.15) is 11.8 Å². The maximum atomic E-state index is 8.84. The van der Waals surface area contributed by atoms with Gasteiger partial charge in [-0.25, -0.2) is 4.99 Å². The van der Waals surface area contributed by atoms with Gasteiger partial charge in [0.25, 0.3) is 0 Å². The van der Waals surface area contributed by atoms with E-state index in [1.807, 2.05) is 25.9 Å². The van der Waals surface area contributed by atoms with Crippen molar-refractivity contribution >= 4 is 12.0 Å². The van der Waals surface area contributed by atoms with Crippen molar-refractivity contribution in [1.82, 2.24) is 9.88 Å². The van der Waals surface area contributed by atoms with Crippen LogP contribution in [-0.4, -0.2) is 30.3 Å². The van der Waals surface area contributed by atoms with E-state index in [0.29, 0.717) is 5.56 Å². The first kappa shape index (κ1) is 10.3. The molecule has 0 atom stereocenters. The molecule has 0 aliphatic carbocycles. The van der Waals surface area contributed by atoms with E-state index in [1.54, 1.807) is 12.5 Å². The average Bonchev–Trinajstić information content (AvgIpc) is 2.56. The van der Waals surface area contributed by atoms with Crippen LogP contribution in [0.1, 0.15) is 18.2 Å². The summed E-state index contributed by atoms with van der Waals surface area (Å²) in [6.07, 6.45) is 4.24. The Bertz CT molecular complexity index is 368. The molecule has 0 saturated carbocycles. The Balaban J connectivity index is 3.04. The number of aromatic amines is 1. The van der Waals surface area contributed by atoms with Crippen LogP contribution >= 0.6 is 0 Å². The van der Waals surface area contributed by atoms with Crippen LogP contribution < -0.4 is 0 Å². The summed E-state index contributed by atoms with van der Waals surface area (Å²) in [6, 6.07) is 2.11. The molecule has 4 heteroatoms. The number of aliphatic imine (C=N–C) groups is 1. The van der Waals surface area contributed by atoms with Crippen molar-refractivity contribution in [3.05, 3.63) is 17.5 Å². The quantitative estimate of drug-likeness (QED) is 0.582. The minimum absolute atomic E-state index is 0.597. The molecule has 0 aliphatic heterocycles. The first-order chi connectivity index (χ1) is 6.69. The lowest BCUT2D eigenvalue weighted by Gasteiger charge is -2.02. The second kappa shape index (κ2) is 4.47. The molecule has 1 N–H and O–H groups in total. The predicted molar refractivity (Wildman–Crippen MR) is 56.7 cm³/mol. The molecule has 1 heterocycles. The Hall–Kier alpha value is -1.76. The zero-order valence-electron chi connectivity index (χ0n) is 8.70. The third kappa shape index (κ3) is 2.13. The van der Waals surface area contributed by atoms with Gasteiger partial charge in [-0.15, -0.1) is 0 Å². The maximum absolute atomic E-state index is 8.84. The Morgan fingerprint density at radius 3 is 2.86 bits per heavy atom. The van der Waals surface area contributed by atoms with Crippen LogP contribution in [0.5, 0.6) is 0 Å². The predicted octanol–water partition coefficient (Wildman–Crippen LogP) is 1.67. The van der Waals surface area contributed by atoms with Crippen molar-refractivity contribution in [2.24, 2.45) is 4.99 Å². The number of aromatic nitrogens is 1. The number of H-pyrrole nitrogens is 1. The van der Waals surface area contributed by atoms with Crippen molar-refractivity contribution < 1.29 is 0 Å². The number of rotatable bonds is 3. The van der Waals surface area contributed by atoms with Crippen LogP contribution in [0.2, 0.25) is 0 Å². The molecule has 1 aromatic rings. The standard InChI is InChI=1S/C10H14N4/c1-4-9-10(13-7-14(2)3)8(5-11)6-12-9/h6-7,12H,4H2,1-3H3. The zero-order valence-corrected chi connectivity index (χ0v) is 8.70. The van der Waals surface area contributed by atoms with E-state index in [4.69, 9.17) is 5.26 Å². The number of nitrogens with zero attached hydrogens (tertiary/aromatic N) is 3. The molecule has 0 bridgehead atoms. The van der Waals surface area contributed by atoms with Crippen LogP contribution in [0.3, 0.4) is 0 Å². The summed E-state index contributed by atoms with van der Waals surface area (Å²) in [5, 5.41) is 8.84. The Kier molecular flexibility index (Phi) is 3.29. The van der Waals surface area contributed by atoms with Gasteiger partial charge in [-0.05, 0) is 6.42 Å². The third-order valence-corrected chi connectivity index (χ3v) is 1.82. The molecular formula is C10H14N4. The smallest absolute Gasteiger partial charge is 0.103 e. The van der Waals surface area contributed by atoms with E-state index >= 15 is 0 Å². The number of hydrogen-bond donors (Lipinski definition) is 1. The van der Waals surface area contributed by atoms with Crippen LogP contribution in [0, 0.1) is 11.3 Å². The largest absolute Gasteiger partial charge is 0.369 e. The lowest BCUT2D eigenvalue weighted by molar-refractivity contribution is 0.643. The summed E-state index contributed by atoms with van der Waals surface area (Å²) < 4.78 is 0. The lowest BCUT2D eigenvalue weighted by atomic mass is 10.2. The number of nitrogens with one attached hydrogen (secondary N) is 1. The fourth-order valence-corrected chi connectivity index (χ4v) is 1.13. The van der Waals surface area contributed by atoms with Crippen molar-refractivity contribution in [2.75, 3.05) is 14.1 Å². The molecule has 1 rings (SSSR count). The number of nitriles is 1. The topological polar surface area (TPSA) is 55.2 Å². The second-order valence-electron chi connectivity index (χ2n) is 3.20. The molecule has 0 saturated heterocycles. The van der Waals surface area contributed by atoms with Gasteiger partial charge in [0.15, 0.2) is 0 Å². The minimum atomic E-state index is 0.597. The van der Waals surface area contributed by atoms with Crippen molar-refractivity contribution in [3.8, 4) is 6.07 Å². The molecule has 0 spiro atoms. The van der Waals surface area contributed by atoms with Crippen LogP contribution in [0.4, 0.5) is 5.69 Å². The highest BCUT2D eigenvalue weighted by Gasteiger charge is 2.07. The molecule has 0 amide bonds. The third-order valence-electron chi connectivity index (χ3n) is 1.82. The van der Waals surface area contributed by atoms with Gasteiger partial charge in [-0.1, -0.05) is 6.92 Å². The second-order valence-corrected chi connectivity index (χ2v) is 3.20. The molecule has 0 fully saturated rings. The first-order valence-electron chi connectivity index (χ1n) is 4.50. The van der Waals surface area contributed by atoms with Gasteiger partial charge in [-0.3, -0.25) is 0 Å². The van der Waals surface area contributed by atoms with Crippen LogP contribution in [0.15, 0.2) is 11.2 Å². The highest BCUT2D eigenvalue weighted by Crippen LogP contribution is 2.23. The van der Waals surface area contributed by atoms with Gasteiger partial charge >= 0.3 is 0 Å². The average molecular weight is 190 g/mol. The van der Waals surface area contributed by atoms with Gasteiger partial charge in [-0.2, -0.15) is 5.26 Å². The number of hydrogen-bond acceptors (Lipinski definition) is 2. The summed E-state index contributed by atoms with van der Waals surface area (Å²) in [5.74, 6) is 0. The maximum Gasteiger partial charge on any atom is 0.103 e. The summed E-state index contributed by atoms with van der Waals surface area (Å²) in [5.41, 5.74) is 2.35. The highest BCUT2D eigenvalue weighted by molar-refractivity contribution is 5.66. The molecule has 74 valence electrons. The van der Waals surface area contributed by atoms with Crippen LogP contribution in [0.25, 0.3) is 0 Å². The molecule has 0 aliphatic rings. The summed E-state index contributed by atoms with van der Waals surface area (Å²) in [6.45, 7) is 2.03. The molecule has 1 aromatic heterocycles. The Morgan fingerprint density at radius 2 is 2.36 bits per heavy atom. The van der Waals surface area contributed by atoms with Crippen molar-refractivity contribution in [3.63, 3.8) is 0 Å². The normalized spacial score (nSPS) is 10.4. The van der Waals surface area contributed by atoms with E-state index in [9.17, 15) is 0 Å². The highest BCUT2D eigenvalue weighted by atomic mass is 15.1. The monoisotopic (exact) mass is 190 g/mol. The van der Waals surface area contributed by atoms with E-state index in [-0.39, 0.29) is 0 Å². The van der Waals surface area contributed by atoms with Crippen LogP contribution in [-0.2, 0) is 6.42 Å². The van der Waals surface area contributed by atoms with Gasteiger partial charge in [0.05, 0.1) is 11.9 Å². The molecule has 0 aromatic carbocycles. The van der Waals surface area contributed by atoms with E-state index in [1.165, 1.54) is 0 Å². The van der Waals surface area contributed by atoms with Gasteiger partial charge in [0, 0.05) is 26.0 Å². The molecule has 0 unspecified atom stereocenters. The zero-order chi connectivity index (χ0) is 10.6. The van der Waals surface area contributed by atoms with E-state index in [0.717, 1.165) is 17.8 Å². The molecule has 0 radical (unpaired) electrons. The van der Waals surface area contributed by atoms with Gasteiger partial charge in [0.2, 0.25) is 0 Å². The summed E-state index contributed by atoms with van der Waals surface area (Å²) >= 11 is 0. The minimum Gasteiger partial charge on any atom is -0.369 e. The fraction of sp³-hybridized carbons (Fsp3) is 0.400. The summed E-state index contributed by atoms with van der Waals surface area (Å²) in [7, 11) is 3.79. The number of aryl methyl sites for hydroxylation is 1. The van der Waals surface area contributed by atoms with Crippen molar-refractivity contribution in [1.29, 1.82) is 5.26 Å². The lowest BCUT2D eigenvalue weighted by Crippen LogP contribution is -2.07. The molecular weight excluding hydrogens is 176 g/mol. The summed E-state index contributed by atoms with van der Waals surface area (Å²) in [4.78, 5) is 9.14. The fourth-order valence-electron chi connectivity index (χ4n) is 1.13. The SMILES string of the molecule is CCc1[nH]cc(C#N)c1N=CN(C)C. The molecule has 14 heavy (non-hydrogen) atoms. The first-order valence-corrected chi connectivity index (χ1v) is 4.50. The molecule has 4 nitrogen and oxygen atoms in total. The van der Waals surface area contributed by atoms with Crippen molar-refractivity contribution in [2.45, 2.75) is 13.3 Å².